The van der Waals surface area contributed by atoms with E-state index in [0.717, 1.165) is 36.3 Å². The van der Waals surface area contributed by atoms with Gasteiger partial charge in [0.25, 0.3) is 0 Å². The average Bonchev–Trinajstić information content (AvgIpc) is 3.11. The smallest absolute Gasteiger partial charge is 0.142 e. The van der Waals surface area contributed by atoms with Crippen LogP contribution in [0.25, 0.3) is 11.4 Å². The summed E-state index contributed by atoms with van der Waals surface area (Å²) in [5, 5.41) is 0.0917. The number of unbranched alkanes of at least 4 members (excludes halogenated alkanes) is 1. The molecule has 0 bridgehead atoms. The molecule has 1 heterocycles. The van der Waals surface area contributed by atoms with Gasteiger partial charge in [-0.25, -0.2) is 9.37 Å². The summed E-state index contributed by atoms with van der Waals surface area (Å²) in [4.78, 5) is 16.2. The molecular weight excluding hydrogens is 427 g/mol. The molecule has 170 valence electrons. The Labute approximate surface area is 194 Å². The molecule has 2 aromatic carbocycles. The summed E-state index contributed by atoms with van der Waals surface area (Å²) in [6.45, 7) is 8.74. The monoisotopic (exact) mass is 456 g/mol. The van der Waals surface area contributed by atoms with Gasteiger partial charge in [0.05, 0.1) is 18.2 Å². The zero-order valence-electron chi connectivity index (χ0n) is 19.1. The van der Waals surface area contributed by atoms with Crippen LogP contribution in [-0.4, -0.2) is 21.9 Å². The number of nitrogens with zero attached hydrogens (tertiary/aromatic N) is 2. The van der Waals surface area contributed by atoms with E-state index in [1.54, 1.807) is 25.3 Å². The Kier molecular flexibility index (Phi) is 7.73. The molecule has 4 nitrogen and oxygen atoms in total. The van der Waals surface area contributed by atoms with Crippen LogP contribution in [-0.2, 0) is 11.3 Å². The number of benzene rings is 2. The van der Waals surface area contributed by atoms with E-state index in [2.05, 4.69) is 4.98 Å². The fourth-order valence-corrected chi connectivity index (χ4v) is 3.62. The summed E-state index contributed by atoms with van der Waals surface area (Å²) in [7, 11) is 0. The van der Waals surface area contributed by atoms with Crippen LogP contribution in [0, 0.1) is 18.2 Å². The summed E-state index contributed by atoms with van der Waals surface area (Å²) < 4.78 is 22.1. The van der Waals surface area contributed by atoms with Crippen molar-refractivity contribution in [3.05, 3.63) is 70.8 Å². The molecule has 0 amide bonds. The summed E-state index contributed by atoms with van der Waals surface area (Å²) in [6.07, 6.45) is 4.44. The maximum absolute atomic E-state index is 14.0. The van der Waals surface area contributed by atoms with Crippen LogP contribution in [0.5, 0.6) is 5.75 Å². The second kappa shape index (κ2) is 10.3. The van der Waals surface area contributed by atoms with Crippen LogP contribution in [0.1, 0.15) is 51.3 Å². The lowest BCUT2D eigenvalue weighted by Crippen LogP contribution is -2.21. The van der Waals surface area contributed by atoms with Gasteiger partial charge in [-0.15, -0.1) is 0 Å². The molecule has 32 heavy (non-hydrogen) atoms. The Morgan fingerprint density at radius 1 is 1.19 bits per heavy atom. The number of ketones is 1. The van der Waals surface area contributed by atoms with Crippen molar-refractivity contribution in [3.8, 4) is 17.1 Å². The normalized spacial score (nSPS) is 11.6. The first-order valence-corrected chi connectivity index (χ1v) is 11.3. The summed E-state index contributed by atoms with van der Waals surface area (Å²) in [6, 6.07) is 12.6. The molecule has 0 fully saturated rings. The molecule has 0 spiro atoms. The Balaban J connectivity index is 1.70. The van der Waals surface area contributed by atoms with Gasteiger partial charge in [0.1, 0.15) is 23.2 Å². The number of ether oxygens (including phenoxy) is 1. The lowest BCUT2D eigenvalue weighted by atomic mass is 9.84. The second-order valence-corrected chi connectivity index (χ2v) is 9.20. The molecule has 0 unspecified atom stereocenters. The minimum absolute atomic E-state index is 0.0917. The number of halogens is 2. The van der Waals surface area contributed by atoms with Crippen molar-refractivity contribution in [2.45, 2.75) is 53.5 Å². The number of para-hydroxylation sites is 1. The van der Waals surface area contributed by atoms with E-state index in [0.29, 0.717) is 24.5 Å². The Hall–Kier alpha value is -2.66. The number of rotatable bonds is 10. The van der Waals surface area contributed by atoms with Gasteiger partial charge in [-0.05, 0) is 57.4 Å². The first-order chi connectivity index (χ1) is 15.2. The zero-order valence-corrected chi connectivity index (χ0v) is 19.9. The molecule has 0 radical (unpaired) electrons. The van der Waals surface area contributed by atoms with Crippen LogP contribution in [0.3, 0.4) is 0 Å². The number of imidazole rings is 1. The van der Waals surface area contributed by atoms with E-state index in [1.165, 1.54) is 6.07 Å². The van der Waals surface area contributed by atoms with Gasteiger partial charge in [-0.1, -0.05) is 43.6 Å². The highest BCUT2D eigenvalue weighted by atomic mass is 35.5. The van der Waals surface area contributed by atoms with Crippen LogP contribution < -0.4 is 4.74 Å². The molecule has 0 saturated heterocycles. The zero-order chi connectivity index (χ0) is 23.3. The minimum atomic E-state index is -0.465. The molecular formula is C26H30ClFN2O2. The number of hydrogen-bond acceptors (Lipinski definition) is 3. The first kappa shape index (κ1) is 24.0. The van der Waals surface area contributed by atoms with Gasteiger partial charge in [0.15, 0.2) is 0 Å². The molecule has 3 aromatic rings. The number of carbonyl (C=O) groups excluding carboxylic acids is 1. The van der Waals surface area contributed by atoms with Gasteiger partial charge < -0.3 is 9.30 Å². The van der Waals surface area contributed by atoms with E-state index < -0.39 is 5.82 Å². The van der Waals surface area contributed by atoms with Crippen molar-refractivity contribution < 1.29 is 13.9 Å². The van der Waals surface area contributed by atoms with E-state index in [1.807, 2.05) is 49.6 Å². The topological polar surface area (TPSA) is 44.1 Å². The van der Waals surface area contributed by atoms with E-state index in [-0.39, 0.29) is 16.2 Å². The quantitative estimate of drug-likeness (QED) is 0.313. The van der Waals surface area contributed by atoms with Gasteiger partial charge in [-0.2, -0.15) is 0 Å². The molecule has 0 aliphatic heterocycles. The highest BCUT2D eigenvalue weighted by Crippen LogP contribution is 2.28. The summed E-state index contributed by atoms with van der Waals surface area (Å²) in [5.74, 6) is 1.25. The average molecular weight is 457 g/mol. The predicted octanol–water partition coefficient (Wildman–Crippen LogP) is 6.86. The van der Waals surface area contributed by atoms with Crippen LogP contribution in [0.2, 0.25) is 5.02 Å². The highest BCUT2D eigenvalue weighted by molar-refractivity contribution is 6.30. The van der Waals surface area contributed by atoms with Crippen LogP contribution in [0.15, 0.2) is 48.7 Å². The first-order valence-electron chi connectivity index (χ1n) is 10.9. The number of aryl methyl sites for hydroxylation is 1. The van der Waals surface area contributed by atoms with E-state index in [4.69, 9.17) is 16.3 Å². The van der Waals surface area contributed by atoms with Gasteiger partial charge in [-0.3, -0.25) is 4.79 Å². The van der Waals surface area contributed by atoms with Crippen molar-refractivity contribution in [2.75, 3.05) is 6.61 Å². The number of aromatic nitrogens is 2. The van der Waals surface area contributed by atoms with Gasteiger partial charge in [0.2, 0.25) is 0 Å². The molecule has 0 aliphatic carbocycles. The SMILES string of the molecule is CC(=O)C(C)(C)CCCCOc1ccccc1Cn1c(C)cnc1-c1ccc(Cl)c(F)c1. The molecule has 6 heteroatoms. The Morgan fingerprint density at radius 3 is 2.66 bits per heavy atom. The molecule has 0 aliphatic rings. The van der Waals surface area contributed by atoms with Crippen LogP contribution in [0.4, 0.5) is 4.39 Å². The third-order valence-electron chi connectivity index (χ3n) is 5.94. The third kappa shape index (κ3) is 5.77. The molecule has 0 N–H and O–H groups in total. The second-order valence-electron chi connectivity index (χ2n) is 8.79. The maximum atomic E-state index is 14.0. The standard InChI is InChI=1S/C26H30ClFN2O2/c1-18-16-29-25(20-11-12-22(27)23(28)15-20)30(18)17-21-9-5-6-10-24(21)32-14-8-7-13-26(3,4)19(2)31/h5-6,9-12,15-16H,7-8,13-14,17H2,1-4H3. The van der Waals surface area contributed by atoms with Crippen molar-refractivity contribution in [2.24, 2.45) is 5.41 Å². The lowest BCUT2D eigenvalue weighted by molar-refractivity contribution is -0.125. The predicted molar refractivity (Wildman–Crippen MR) is 127 cm³/mol. The highest BCUT2D eigenvalue weighted by Gasteiger charge is 2.22. The van der Waals surface area contributed by atoms with Crippen molar-refractivity contribution in [1.82, 2.24) is 9.55 Å². The largest absolute Gasteiger partial charge is 0.493 e. The third-order valence-corrected chi connectivity index (χ3v) is 6.25. The molecule has 1 aromatic heterocycles. The maximum Gasteiger partial charge on any atom is 0.142 e. The summed E-state index contributed by atoms with van der Waals surface area (Å²) >= 11 is 5.84. The number of Topliss-reactive ketones (excluding diaryl/α,β-unsaturated/α-hetero) is 1. The number of carbonyl (C=O) groups is 1. The number of hydrogen-bond donors (Lipinski definition) is 0. The molecule has 3 rings (SSSR count). The minimum Gasteiger partial charge on any atom is -0.493 e. The Morgan fingerprint density at radius 2 is 1.94 bits per heavy atom. The Bertz CT molecular complexity index is 1090. The van der Waals surface area contributed by atoms with E-state index >= 15 is 0 Å². The van der Waals surface area contributed by atoms with Crippen LogP contribution >= 0.6 is 11.6 Å². The summed E-state index contributed by atoms with van der Waals surface area (Å²) in [5.41, 5.74) is 2.38. The fourth-order valence-electron chi connectivity index (χ4n) is 3.50. The van der Waals surface area contributed by atoms with Crippen molar-refractivity contribution in [3.63, 3.8) is 0 Å². The molecule has 0 saturated carbocycles. The van der Waals surface area contributed by atoms with Crippen molar-refractivity contribution >= 4 is 17.4 Å². The van der Waals surface area contributed by atoms with Crippen molar-refractivity contribution in [1.29, 1.82) is 0 Å². The van der Waals surface area contributed by atoms with Gasteiger partial charge in [0, 0.05) is 28.4 Å². The molecule has 0 atom stereocenters. The van der Waals surface area contributed by atoms with Gasteiger partial charge >= 0.3 is 0 Å². The lowest BCUT2D eigenvalue weighted by Gasteiger charge is -2.20. The van der Waals surface area contributed by atoms with E-state index in [9.17, 15) is 9.18 Å². The fraction of sp³-hybridized carbons (Fsp3) is 0.385.